The van der Waals surface area contributed by atoms with E-state index in [4.69, 9.17) is 15.2 Å². The Hall–Kier alpha value is -2.83. The highest BCUT2D eigenvalue weighted by atomic mass is 16.5. The molecule has 1 aliphatic heterocycles. The van der Waals surface area contributed by atoms with Gasteiger partial charge in [-0.1, -0.05) is 52.0 Å². The topological polar surface area (TPSA) is 98.9 Å². The smallest absolute Gasteiger partial charge is 0.329 e. The monoisotopic (exact) mass is 514 g/mol. The Balaban J connectivity index is 2.01. The first-order valence-corrected chi connectivity index (χ1v) is 13.8. The van der Waals surface area contributed by atoms with Crippen molar-refractivity contribution in [1.82, 2.24) is 4.90 Å². The van der Waals surface area contributed by atoms with Crippen molar-refractivity contribution in [2.75, 3.05) is 7.11 Å². The van der Waals surface area contributed by atoms with E-state index in [2.05, 4.69) is 6.92 Å². The molecule has 2 N–H and O–H groups in total. The normalized spacial score (nSPS) is 16.5. The zero-order valence-corrected chi connectivity index (χ0v) is 23.4. The number of esters is 1. The Morgan fingerprint density at radius 3 is 2.30 bits per heavy atom. The number of methoxy groups -OCH3 is 1. The van der Waals surface area contributed by atoms with Crippen molar-refractivity contribution in [2.45, 2.75) is 110 Å². The van der Waals surface area contributed by atoms with Gasteiger partial charge in [0.15, 0.2) is 0 Å². The highest BCUT2D eigenvalue weighted by Crippen LogP contribution is 2.27. The van der Waals surface area contributed by atoms with Gasteiger partial charge in [0, 0.05) is 17.7 Å². The molecule has 2 amide bonds. The first kappa shape index (κ1) is 30.4. The molecule has 2 rings (SSSR count). The van der Waals surface area contributed by atoms with Crippen molar-refractivity contribution in [3.63, 3.8) is 0 Å². The number of ether oxygens (including phenoxy) is 2. The maximum atomic E-state index is 13.3. The molecule has 3 atom stereocenters. The van der Waals surface area contributed by atoms with E-state index in [0.29, 0.717) is 17.7 Å². The van der Waals surface area contributed by atoms with Crippen LogP contribution < -0.4 is 10.5 Å². The average molecular weight is 515 g/mol. The first-order valence-electron chi connectivity index (χ1n) is 13.8. The number of nitrogens with zero attached hydrogens (tertiary/aromatic N) is 1. The zero-order valence-electron chi connectivity index (χ0n) is 23.4. The molecule has 0 bridgehead atoms. The van der Waals surface area contributed by atoms with Gasteiger partial charge in [-0.25, -0.2) is 4.79 Å². The van der Waals surface area contributed by atoms with Gasteiger partial charge in [-0.05, 0) is 75.6 Å². The molecule has 37 heavy (non-hydrogen) atoms. The Bertz CT molecular complexity index is 942. The molecule has 0 fully saturated rings. The van der Waals surface area contributed by atoms with Crippen molar-refractivity contribution in [3.8, 4) is 5.75 Å². The lowest BCUT2D eigenvalue weighted by Crippen LogP contribution is -2.41. The zero-order chi connectivity index (χ0) is 27.4. The molecule has 0 saturated carbocycles. The number of nitrogens with two attached hydrogens (primary N) is 1. The van der Waals surface area contributed by atoms with Gasteiger partial charge in [0.2, 0.25) is 5.91 Å². The van der Waals surface area contributed by atoms with Crippen molar-refractivity contribution >= 4 is 17.8 Å². The standard InChI is InChI=1S/C30H46N2O5/c1-6-7-8-11-15-25(16-12-9-10-14-21(2)28(31)33)37-30(35)26-17-13-18-32(26)29(34)24-19-22(3)23(4)27(20-24)36-5/h13,18-21,25-26H,6-12,14-17H2,1-5H3,(H2,31,33)/t21-,25-,26+/m1/s1. The number of hydrogen-bond acceptors (Lipinski definition) is 5. The third kappa shape index (κ3) is 9.20. The van der Waals surface area contributed by atoms with Crippen molar-refractivity contribution in [1.29, 1.82) is 0 Å². The summed E-state index contributed by atoms with van der Waals surface area (Å²) in [7, 11) is 1.59. The van der Waals surface area contributed by atoms with Gasteiger partial charge in [0.1, 0.15) is 17.9 Å². The molecule has 0 spiro atoms. The summed E-state index contributed by atoms with van der Waals surface area (Å²) >= 11 is 0. The lowest BCUT2D eigenvalue weighted by Gasteiger charge is -2.26. The lowest BCUT2D eigenvalue weighted by atomic mass is 9.99. The van der Waals surface area contributed by atoms with Crippen molar-refractivity contribution in [3.05, 3.63) is 41.1 Å². The summed E-state index contributed by atoms with van der Waals surface area (Å²) in [5.41, 5.74) is 7.79. The Labute approximate surface area is 222 Å². The number of amides is 2. The van der Waals surface area contributed by atoms with Crippen LogP contribution in [0, 0.1) is 19.8 Å². The number of primary amides is 1. The van der Waals surface area contributed by atoms with Gasteiger partial charge >= 0.3 is 5.97 Å². The van der Waals surface area contributed by atoms with Gasteiger partial charge in [0.05, 0.1) is 7.11 Å². The van der Waals surface area contributed by atoms with Gasteiger partial charge < -0.3 is 20.1 Å². The third-order valence-electron chi connectivity index (χ3n) is 7.37. The predicted molar refractivity (Wildman–Crippen MR) is 146 cm³/mol. The Morgan fingerprint density at radius 2 is 1.68 bits per heavy atom. The maximum Gasteiger partial charge on any atom is 0.329 e. The highest BCUT2D eigenvalue weighted by molar-refractivity contribution is 5.98. The number of unbranched alkanes of at least 4 members (excludes halogenated alkanes) is 5. The summed E-state index contributed by atoms with van der Waals surface area (Å²) in [6, 6.07) is 2.91. The summed E-state index contributed by atoms with van der Waals surface area (Å²) in [6.07, 6.45) is 13.5. The van der Waals surface area contributed by atoms with Crippen LogP contribution in [-0.2, 0) is 14.3 Å². The summed E-state index contributed by atoms with van der Waals surface area (Å²) < 4.78 is 11.5. The second-order valence-electron chi connectivity index (χ2n) is 10.3. The van der Waals surface area contributed by atoms with Crippen LogP contribution in [0.25, 0.3) is 0 Å². The fourth-order valence-electron chi connectivity index (χ4n) is 4.70. The van der Waals surface area contributed by atoms with Crippen LogP contribution in [0.4, 0.5) is 0 Å². The van der Waals surface area contributed by atoms with Crippen LogP contribution in [0.2, 0.25) is 0 Å². The summed E-state index contributed by atoms with van der Waals surface area (Å²) in [4.78, 5) is 39.3. The molecule has 0 saturated heterocycles. The predicted octanol–water partition coefficient (Wildman–Crippen LogP) is 5.99. The largest absolute Gasteiger partial charge is 0.496 e. The summed E-state index contributed by atoms with van der Waals surface area (Å²) in [5, 5.41) is 0. The summed E-state index contributed by atoms with van der Waals surface area (Å²) in [5.74, 6) is -0.301. The van der Waals surface area contributed by atoms with Crippen LogP contribution in [0.15, 0.2) is 24.4 Å². The van der Waals surface area contributed by atoms with E-state index >= 15 is 0 Å². The van der Waals surface area contributed by atoms with Crippen molar-refractivity contribution in [2.24, 2.45) is 11.7 Å². The number of rotatable bonds is 16. The fourth-order valence-corrected chi connectivity index (χ4v) is 4.70. The van der Waals surface area contributed by atoms with Crippen LogP contribution in [-0.4, -0.2) is 41.9 Å². The average Bonchev–Trinajstić information content (AvgIpc) is 3.37. The quantitative estimate of drug-likeness (QED) is 0.216. The minimum Gasteiger partial charge on any atom is -0.496 e. The number of benzene rings is 1. The van der Waals surface area contributed by atoms with E-state index < -0.39 is 6.04 Å². The molecule has 0 aromatic heterocycles. The molecule has 0 radical (unpaired) electrons. The molecule has 0 aliphatic carbocycles. The first-order chi connectivity index (χ1) is 17.7. The second kappa shape index (κ2) is 15.4. The number of aryl methyl sites for hydroxylation is 1. The molecule has 1 heterocycles. The lowest BCUT2D eigenvalue weighted by molar-refractivity contribution is -0.154. The fraction of sp³-hybridized carbons (Fsp3) is 0.633. The molecule has 1 aromatic carbocycles. The highest BCUT2D eigenvalue weighted by Gasteiger charge is 2.34. The van der Waals surface area contributed by atoms with E-state index in [9.17, 15) is 14.4 Å². The minimum atomic E-state index is -0.658. The molecule has 7 heteroatoms. The molecule has 1 aliphatic rings. The van der Waals surface area contributed by atoms with E-state index in [1.807, 2.05) is 32.9 Å². The van der Waals surface area contributed by atoms with Crippen LogP contribution >= 0.6 is 0 Å². The molecule has 7 nitrogen and oxygen atoms in total. The SMILES string of the molecule is CCCCCC[C@H](CCCCC[C@@H](C)C(N)=O)OC(=O)[C@@H]1CC=CN1C(=O)c1cc(C)c(C)c(OC)c1. The third-order valence-corrected chi connectivity index (χ3v) is 7.37. The van der Waals surface area contributed by atoms with E-state index in [0.717, 1.165) is 68.9 Å². The van der Waals surface area contributed by atoms with E-state index in [1.54, 1.807) is 19.4 Å². The van der Waals surface area contributed by atoms with Crippen LogP contribution in [0.5, 0.6) is 5.75 Å². The van der Waals surface area contributed by atoms with Crippen LogP contribution in [0.3, 0.4) is 0 Å². The van der Waals surface area contributed by atoms with Gasteiger partial charge in [-0.15, -0.1) is 0 Å². The minimum absolute atomic E-state index is 0.113. The second-order valence-corrected chi connectivity index (χ2v) is 10.3. The molecule has 0 unspecified atom stereocenters. The number of carbonyl (C=O) groups is 3. The van der Waals surface area contributed by atoms with Crippen molar-refractivity contribution < 1.29 is 23.9 Å². The Kier molecular flexibility index (Phi) is 12.7. The summed E-state index contributed by atoms with van der Waals surface area (Å²) in [6.45, 7) is 7.93. The maximum absolute atomic E-state index is 13.3. The molecule has 206 valence electrons. The van der Waals surface area contributed by atoms with Gasteiger partial charge in [0.25, 0.3) is 5.91 Å². The molecule has 1 aromatic rings. The van der Waals surface area contributed by atoms with Gasteiger partial charge in [-0.2, -0.15) is 0 Å². The number of carbonyl (C=O) groups excluding carboxylic acids is 3. The van der Waals surface area contributed by atoms with Gasteiger partial charge in [-0.3, -0.25) is 9.59 Å². The molecular formula is C30H46N2O5. The number of hydrogen-bond donors (Lipinski definition) is 1. The molecular weight excluding hydrogens is 468 g/mol. The van der Waals surface area contributed by atoms with Crippen LogP contribution in [0.1, 0.15) is 106 Å². The van der Waals surface area contributed by atoms with E-state index in [1.165, 1.54) is 11.3 Å². The van der Waals surface area contributed by atoms with E-state index in [-0.39, 0.29) is 29.8 Å². The Morgan fingerprint density at radius 1 is 1.03 bits per heavy atom.